The zero-order chi connectivity index (χ0) is 19.0. The second-order valence-corrected chi connectivity index (χ2v) is 7.90. The molecule has 136 valence electrons. The molecule has 26 heavy (non-hydrogen) atoms. The summed E-state index contributed by atoms with van der Waals surface area (Å²) in [7, 11) is 2.93. The van der Waals surface area contributed by atoms with Crippen LogP contribution in [0.3, 0.4) is 0 Å². The minimum absolute atomic E-state index is 0.00512. The van der Waals surface area contributed by atoms with Crippen LogP contribution in [0, 0.1) is 7.14 Å². The average molecular weight is 580 g/mol. The maximum absolute atomic E-state index is 12.7. The highest BCUT2D eigenvalue weighted by molar-refractivity contribution is 14.1. The SMILES string of the molecule is COc1ccc2c(c1OC)C(=O)O[C@@H]2CC(=O)c1cc(I)c(O)c(I)c1. The van der Waals surface area contributed by atoms with Crippen LogP contribution in [0.25, 0.3) is 0 Å². The molecule has 0 spiro atoms. The van der Waals surface area contributed by atoms with E-state index in [9.17, 15) is 14.7 Å². The number of Topliss-reactive ketones (excluding diaryl/α,β-unsaturated/α-hetero) is 1. The summed E-state index contributed by atoms with van der Waals surface area (Å²) in [4.78, 5) is 25.0. The van der Waals surface area contributed by atoms with Gasteiger partial charge in [0, 0.05) is 11.1 Å². The Bertz CT molecular complexity index is 886. The fourth-order valence-corrected chi connectivity index (χ4v) is 4.61. The quantitative estimate of drug-likeness (QED) is 0.326. The molecule has 0 unspecified atom stereocenters. The number of benzene rings is 2. The van der Waals surface area contributed by atoms with E-state index in [2.05, 4.69) is 0 Å². The van der Waals surface area contributed by atoms with Gasteiger partial charge >= 0.3 is 5.97 Å². The molecule has 2 aromatic rings. The van der Waals surface area contributed by atoms with Crippen molar-refractivity contribution < 1.29 is 28.9 Å². The van der Waals surface area contributed by atoms with Crippen LogP contribution < -0.4 is 9.47 Å². The lowest BCUT2D eigenvalue weighted by Gasteiger charge is -2.12. The molecule has 0 amide bonds. The van der Waals surface area contributed by atoms with Gasteiger partial charge in [0.25, 0.3) is 0 Å². The molecule has 0 bridgehead atoms. The van der Waals surface area contributed by atoms with Gasteiger partial charge in [-0.1, -0.05) is 6.07 Å². The van der Waals surface area contributed by atoms with Gasteiger partial charge in [-0.15, -0.1) is 0 Å². The highest BCUT2D eigenvalue weighted by atomic mass is 127. The van der Waals surface area contributed by atoms with Crippen molar-refractivity contribution in [1.29, 1.82) is 0 Å². The number of hydrogen-bond donors (Lipinski definition) is 1. The molecule has 0 aromatic heterocycles. The second-order valence-electron chi connectivity index (χ2n) is 5.58. The molecule has 1 atom stereocenters. The summed E-state index contributed by atoms with van der Waals surface area (Å²) < 4.78 is 17.1. The van der Waals surface area contributed by atoms with Crippen molar-refractivity contribution in [3.05, 3.63) is 48.1 Å². The lowest BCUT2D eigenvalue weighted by Crippen LogP contribution is -2.08. The number of esters is 1. The van der Waals surface area contributed by atoms with E-state index in [1.54, 1.807) is 24.3 Å². The first-order valence-corrected chi connectivity index (χ1v) is 9.70. The molecule has 2 aromatic carbocycles. The van der Waals surface area contributed by atoms with Gasteiger partial charge in [-0.05, 0) is 63.4 Å². The average Bonchev–Trinajstić information content (AvgIpc) is 2.94. The molecular formula is C18H14I2O6. The Morgan fingerprint density at radius 1 is 1.19 bits per heavy atom. The summed E-state index contributed by atoms with van der Waals surface area (Å²) in [5.74, 6) is 0.165. The highest BCUT2D eigenvalue weighted by Gasteiger charge is 2.37. The minimum Gasteiger partial charge on any atom is -0.506 e. The largest absolute Gasteiger partial charge is 0.506 e. The summed E-state index contributed by atoms with van der Waals surface area (Å²) in [6.45, 7) is 0. The standard InChI is InChI=1S/C18H14I2O6/c1-24-13-4-3-9-14(26-18(23)15(9)17(13)25-2)7-12(21)8-5-10(19)16(22)11(20)6-8/h3-6,14,22H,7H2,1-2H3/t14-/m1/s1. The first kappa shape index (κ1) is 19.2. The smallest absolute Gasteiger partial charge is 0.343 e. The molecule has 1 aliphatic rings. The van der Waals surface area contributed by atoms with Crippen LogP contribution >= 0.6 is 45.2 Å². The Kier molecular flexibility index (Phi) is 5.61. The van der Waals surface area contributed by atoms with Crippen LogP contribution in [0.2, 0.25) is 0 Å². The van der Waals surface area contributed by atoms with E-state index in [0.717, 1.165) is 0 Å². The van der Waals surface area contributed by atoms with Gasteiger partial charge < -0.3 is 19.3 Å². The normalized spacial score (nSPS) is 15.4. The van der Waals surface area contributed by atoms with E-state index in [1.165, 1.54) is 14.2 Å². The summed E-state index contributed by atoms with van der Waals surface area (Å²) in [5, 5.41) is 9.85. The van der Waals surface area contributed by atoms with Crippen LogP contribution in [0.15, 0.2) is 24.3 Å². The van der Waals surface area contributed by atoms with Gasteiger partial charge in [-0.25, -0.2) is 4.79 Å². The Morgan fingerprint density at radius 2 is 1.85 bits per heavy atom. The molecule has 0 aliphatic carbocycles. The van der Waals surface area contributed by atoms with E-state index in [4.69, 9.17) is 14.2 Å². The molecular weight excluding hydrogens is 566 g/mol. The van der Waals surface area contributed by atoms with Crippen molar-refractivity contribution >= 4 is 56.9 Å². The van der Waals surface area contributed by atoms with E-state index in [-0.39, 0.29) is 18.0 Å². The van der Waals surface area contributed by atoms with Crippen LogP contribution in [0.1, 0.15) is 38.8 Å². The Balaban J connectivity index is 1.92. The Labute approximate surface area is 177 Å². The fourth-order valence-electron chi connectivity index (χ4n) is 2.84. The third-order valence-electron chi connectivity index (χ3n) is 4.09. The lowest BCUT2D eigenvalue weighted by atomic mass is 9.97. The maximum atomic E-state index is 12.7. The van der Waals surface area contributed by atoms with Gasteiger partial charge in [0.1, 0.15) is 17.4 Å². The number of phenols is 1. The van der Waals surface area contributed by atoms with Crippen molar-refractivity contribution in [2.24, 2.45) is 0 Å². The number of ether oxygens (including phenoxy) is 3. The van der Waals surface area contributed by atoms with Crippen molar-refractivity contribution in [2.75, 3.05) is 14.2 Å². The second kappa shape index (κ2) is 7.59. The summed E-state index contributed by atoms with van der Waals surface area (Å²) in [6, 6.07) is 6.63. The predicted octanol–water partition coefficient (Wildman–Crippen LogP) is 4.10. The van der Waals surface area contributed by atoms with Gasteiger partial charge in [0.15, 0.2) is 17.3 Å². The number of ketones is 1. The van der Waals surface area contributed by atoms with Crippen LogP contribution in [-0.4, -0.2) is 31.1 Å². The number of carbonyl (C=O) groups excluding carboxylic acids is 2. The molecule has 0 radical (unpaired) electrons. The molecule has 0 saturated heterocycles. The van der Waals surface area contributed by atoms with E-state index >= 15 is 0 Å². The van der Waals surface area contributed by atoms with E-state index < -0.39 is 12.1 Å². The highest BCUT2D eigenvalue weighted by Crippen LogP contribution is 2.43. The first-order valence-electron chi connectivity index (χ1n) is 7.54. The predicted molar refractivity (Wildman–Crippen MR) is 110 cm³/mol. The maximum Gasteiger partial charge on any atom is 0.343 e. The van der Waals surface area contributed by atoms with Crippen molar-refractivity contribution in [2.45, 2.75) is 12.5 Å². The molecule has 0 fully saturated rings. The topological polar surface area (TPSA) is 82.1 Å². The summed E-state index contributed by atoms with van der Waals surface area (Å²) >= 11 is 3.94. The van der Waals surface area contributed by atoms with Gasteiger partial charge in [0.05, 0.1) is 27.8 Å². The fraction of sp³-hybridized carbons (Fsp3) is 0.222. The van der Waals surface area contributed by atoms with Gasteiger partial charge in [0.2, 0.25) is 0 Å². The monoisotopic (exact) mass is 580 g/mol. The van der Waals surface area contributed by atoms with Crippen LogP contribution in [0.4, 0.5) is 0 Å². The van der Waals surface area contributed by atoms with Crippen molar-refractivity contribution in [1.82, 2.24) is 0 Å². The van der Waals surface area contributed by atoms with Crippen LogP contribution in [-0.2, 0) is 4.74 Å². The number of fused-ring (bicyclic) bond motifs is 1. The van der Waals surface area contributed by atoms with E-state index in [0.29, 0.717) is 35.3 Å². The zero-order valence-electron chi connectivity index (χ0n) is 13.8. The number of phenolic OH excluding ortho intramolecular Hbond substituents is 1. The molecule has 0 saturated carbocycles. The molecule has 6 nitrogen and oxygen atoms in total. The zero-order valence-corrected chi connectivity index (χ0v) is 18.2. The molecule has 1 N–H and O–H groups in total. The number of halogens is 2. The number of rotatable bonds is 5. The Hall–Kier alpha value is -1.56. The Morgan fingerprint density at radius 3 is 2.42 bits per heavy atom. The summed E-state index contributed by atoms with van der Waals surface area (Å²) in [6.07, 6.45) is -0.681. The molecule has 3 rings (SSSR count). The molecule has 8 heteroatoms. The van der Waals surface area contributed by atoms with Crippen LogP contribution in [0.5, 0.6) is 17.2 Å². The number of hydrogen-bond acceptors (Lipinski definition) is 6. The number of methoxy groups -OCH3 is 2. The summed E-state index contributed by atoms with van der Waals surface area (Å²) in [5.41, 5.74) is 1.35. The lowest BCUT2D eigenvalue weighted by molar-refractivity contribution is 0.0365. The third kappa shape index (κ3) is 3.36. The third-order valence-corrected chi connectivity index (χ3v) is 5.73. The van der Waals surface area contributed by atoms with Gasteiger partial charge in [-0.3, -0.25) is 4.79 Å². The first-order chi connectivity index (χ1) is 12.4. The van der Waals surface area contributed by atoms with E-state index in [1.807, 2.05) is 45.2 Å². The molecule has 1 aliphatic heterocycles. The minimum atomic E-state index is -0.686. The molecule has 1 heterocycles. The van der Waals surface area contributed by atoms with Gasteiger partial charge in [-0.2, -0.15) is 0 Å². The number of aromatic hydroxyl groups is 1. The van der Waals surface area contributed by atoms with Crippen molar-refractivity contribution in [3.63, 3.8) is 0 Å². The number of cyclic esters (lactones) is 1. The van der Waals surface area contributed by atoms with Crippen molar-refractivity contribution in [3.8, 4) is 17.2 Å². The number of carbonyl (C=O) groups is 2.